The molecular formula is C19H16N2O4S. The summed E-state index contributed by atoms with van der Waals surface area (Å²) in [5, 5.41) is 13.8. The summed E-state index contributed by atoms with van der Waals surface area (Å²) in [6.07, 6.45) is 0. The molecule has 1 aromatic heterocycles. The van der Waals surface area contributed by atoms with E-state index in [9.17, 15) is 9.59 Å². The minimum Gasteiger partial charge on any atom is -0.482 e. The quantitative estimate of drug-likeness (QED) is 0.690. The molecule has 7 heteroatoms. The zero-order valence-corrected chi connectivity index (χ0v) is 14.7. The molecular weight excluding hydrogens is 352 g/mol. The number of carboxylic acid groups (broad SMARTS) is 1. The molecule has 0 aliphatic carbocycles. The second-order valence-corrected chi connectivity index (χ2v) is 6.37. The molecule has 0 bridgehead atoms. The second kappa shape index (κ2) is 7.79. The maximum Gasteiger partial charge on any atom is 0.341 e. The van der Waals surface area contributed by atoms with Gasteiger partial charge >= 0.3 is 5.97 Å². The van der Waals surface area contributed by atoms with Crippen LogP contribution in [0.4, 0.5) is 5.13 Å². The molecule has 2 aromatic carbocycles. The Labute approximate surface area is 154 Å². The van der Waals surface area contributed by atoms with Gasteiger partial charge in [0.2, 0.25) is 0 Å². The summed E-state index contributed by atoms with van der Waals surface area (Å²) < 4.78 is 5.10. The van der Waals surface area contributed by atoms with Gasteiger partial charge in [-0.3, -0.25) is 10.1 Å². The molecule has 26 heavy (non-hydrogen) atoms. The number of rotatable bonds is 6. The highest BCUT2D eigenvalue weighted by atomic mass is 32.1. The van der Waals surface area contributed by atoms with E-state index in [0.717, 1.165) is 16.8 Å². The van der Waals surface area contributed by atoms with Crippen molar-refractivity contribution >= 4 is 28.3 Å². The maximum atomic E-state index is 12.3. The van der Waals surface area contributed by atoms with Gasteiger partial charge in [0.1, 0.15) is 5.75 Å². The fourth-order valence-corrected chi connectivity index (χ4v) is 3.04. The molecule has 0 radical (unpaired) electrons. The number of carbonyl (C=O) groups excluding carboxylic acids is 1. The smallest absolute Gasteiger partial charge is 0.341 e. The van der Waals surface area contributed by atoms with E-state index in [1.807, 2.05) is 30.5 Å². The van der Waals surface area contributed by atoms with Gasteiger partial charge in [-0.2, -0.15) is 0 Å². The van der Waals surface area contributed by atoms with Crippen molar-refractivity contribution in [3.05, 3.63) is 65.0 Å². The fourth-order valence-electron chi connectivity index (χ4n) is 2.32. The minimum absolute atomic E-state index is 0.193. The molecule has 132 valence electrons. The predicted molar refractivity (Wildman–Crippen MR) is 99.8 cm³/mol. The van der Waals surface area contributed by atoms with Crippen LogP contribution in [0.3, 0.4) is 0 Å². The van der Waals surface area contributed by atoms with E-state index in [0.29, 0.717) is 16.4 Å². The SMILES string of the molecule is Cc1ccccc1C(=O)Nc1nc(-c2ccc(OCC(=O)O)cc2)cs1. The normalized spacial score (nSPS) is 10.3. The lowest BCUT2D eigenvalue weighted by Gasteiger charge is -2.05. The number of aromatic nitrogens is 1. The molecule has 0 saturated carbocycles. The lowest BCUT2D eigenvalue weighted by Crippen LogP contribution is -2.12. The van der Waals surface area contributed by atoms with Crippen LogP contribution in [0, 0.1) is 6.92 Å². The number of nitrogens with zero attached hydrogens (tertiary/aromatic N) is 1. The Morgan fingerprint density at radius 3 is 2.58 bits per heavy atom. The highest BCUT2D eigenvalue weighted by Gasteiger charge is 2.12. The minimum atomic E-state index is -1.03. The summed E-state index contributed by atoms with van der Waals surface area (Å²) in [7, 11) is 0. The molecule has 0 aliphatic heterocycles. The average molecular weight is 368 g/mol. The Kier molecular flexibility index (Phi) is 5.28. The third kappa shape index (κ3) is 4.25. The van der Waals surface area contributed by atoms with Crippen LogP contribution in [0.25, 0.3) is 11.3 Å². The van der Waals surface area contributed by atoms with Gasteiger partial charge in [0.05, 0.1) is 5.69 Å². The molecule has 0 atom stereocenters. The number of benzene rings is 2. The van der Waals surface area contributed by atoms with E-state index in [1.54, 1.807) is 30.3 Å². The second-order valence-electron chi connectivity index (χ2n) is 5.51. The van der Waals surface area contributed by atoms with Crippen LogP contribution in [-0.4, -0.2) is 28.6 Å². The summed E-state index contributed by atoms with van der Waals surface area (Å²) in [6, 6.07) is 14.3. The van der Waals surface area contributed by atoms with Crippen LogP contribution in [0.1, 0.15) is 15.9 Å². The van der Waals surface area contributed by atoms with E-state index >= 15 is 0 Å². The molecule has 0 fully saturated rings. The lowest BCUT2D eigenvalue weighted by molar-refractivity contribution is -0.139. The highest BCUT2D eigenvalue weighted by Crippen LogP contribution is 2.27. The summed E-state index contributed by atoms with van der Waals surface area (Å²) in [5.74, 6) is -0.747. The Hall–Kier alpha value is -3.19. The Balaban J connectivity index is 1.69. The van der Waals surface area contributed by atoms with Gasteiger partial charge in [-0.25, -0.2) is 9.78 Å². The molecule has 6 nitrogen and oxygen atoms in total. The zero-order valence-electron chi connectivity index (χ0n) is 13.9. The first-order valence-electron chi connectivity index (χ1n) is 7.80. The third-order valence-corrected chi connectivity index (χ3v) is 4.38. The van der Waals surface area contributed by atoms with Crippen LogP contribution < -0.4 is 10.1 Å². The van der Waals surface area contributed by atoms with Crippen LogP contribution in [0.5, 0.6) is 5.75 Å². The first-order chi connectivity index (χ1) is 12.5. The number of carbonyl (C=O) groups is 2. The summed E-state index contributed by atoms with van der Waals surface area (Å²) in [4.78, 5) is 27.3. The standard InChI is InChI=1S/C19H16N2O4S/c1-12-4-2-3-5-15(12)18(24)21-19-20-16(11-26-19)13-6-8-14(9-7-13)25-10-17(22)23/h2-9,11H,10H2,1H3,(H,22,23)(H,20,21,24). The van der Waals surface area contributed by atoms with Crippen molar-refractivity contribution in [2.24, 2.45) is 0 Å². The number of aryl methyl sites for hydroxylation is 1. The topological polar surface area (TPSA) is 88.5 Å². The Morgan fingerprint density at radius 2 is 1.88 bits per heavy atom. The van der Waals surface area contributed by atoms with Crippen LogP contribution >= 0.6 is 11.3 Å². The molecule has 0 spiro atoms. The summed E-state index contributed by atoms with van der Waals surface area (Å²) in [6.45, 7) is 1.50. The third-order valence-electron chi connectivity index (χ3n) is 3.63. The highest BCUT2D eigenvalue weighted by molar-refractivity contribution is 7.14. The van der Waals surface area contributed by atoms with E-state index in [-0.39, 0.29) is 12.5 Å². The summed E-state index contributed by atoms with van der Waals surface area (Å²) in [5.41, 5.74) is 3.09. The van der Waals surface area contributed by atoms with Gasteiger partial charge in [0.15, 0.2) is 11.7 Å². The average Bonchev–Trinajstić information content (AvgIpc) is 3.09. The largest absolute Gasteiger partial charge is 0.482 e. The van der Waals surface area contributed by atoms with Gasteiger partial charge in [-0.05, 0) is 42.8 Å². The molecule has 0 unspecified atom stereocenters. The molecule has 0 aliphatic rings. The van der Waals surface area contributed by atoms with E-state index in [2.05, 4.69) is 10.3 Å². The Bertz CT molecular complexity index is 935. The first kappa shape index (κ1) is 17.6. The van der Waals surface area contributed by atoms with Gasteiger partial charge in [-0.15, -0.1) is 11.3 Å². The molecule has 3 aromatic rings. The van der Waals surface area contributed by atoms with Gasteiger partial charge in [0, 0.05) is 16.5 Å². The molecule has 0 saturated heterocycles. The zero-order chi connectivity index (χ0) is 18.5. The number of ether oxygens (including phenoxy) is 1. The van der Waals surface area contributed by atoms with Crippen molar-refractivity contribution in [1.82, 2.24) is 4.98 Å². The van der Waals surface area contributed by atoms with Crippen molar-refractivity contribution in [2.45, 2.75) is 6.92 Å². The van der Waals surface area contributed by atoms with Crippen molar-refractivity contribution in [1.29, 1.82) is 0 Å². The summed E-state index contributed by atoms with van der Waals surface area (Å²) >= 11 is 1.34. The number of carboxylic acids is 1. The monoisotopic (exact) mass is 368 g/mol. The number of nitrogens with one attached hydrogen (secondary N) is 1. The number of amides is 1. The number of aliphatic carboxylic acids is 1. The van der Waals surface area contributed by atoms with Crippen molar-refractivity contribution in [3.63, 3.8) is 0 Å². The lowest BCUT2D eigenvalue weighted by atomic mass is 10.1. The Morgan fingerprint density at radius 1 is 1.15 bits per heavy atom. The van der Waals surface area contributed by atoms with Crippen molar-refractivity contribution < 1.29 is 19.4 Å². The van der Waals surface area contributed by atoms with E-state index in [1.165, 1.54) is 11.3 Å². The number of hydrogen-bond donors (Lipinski definition) is 2. The molecule has 1 heterocycles. The van der Waals surface area contributed by atoms with Gasteiger partial charge in [0.25, 0.3) is 5.91 Å². The molecule has 2 N–H and O–H groups in total. The first-order valence-corrected chi connectivity index (χ1v) is 8.68. The number of hydrogen-bond acceptors (Lipinski definition) is 5. The maximum absolute atomic E-state index is 12.3. The van der Waals surface area contributed by atoms with Crippen molar-refractivity contribution in [2.75, 3.05) is 11.9 Å². The van der Waals surface area contributed by atoms with Crippen LogP contribution in [0.15, 0.2) is 53.9 Å². The van der Waals surface area contributed by atoms with E-state index in [4.69, 9.17) is 9.84 Å². The number of anilines is 1. The predicted octanol–water partition coefficient (Wildman–Crippen LogP) is 3.83. The van der Waals surface area contributed by atoms with Crippen molar-refractivity contribution in [3.8, 4) is 17.0 Å². The van der Waals surface area contributed by atoms with Gasteiger partial charge < -0.3 is 9.84 Å². The van der Waals surface area contributed by atoms with Crippen LogP contribution in [0.2, 0.25) is 0 Å². The van der Waals surface area contributed by atoms with E-state index < -0.39 is 5.97 Å². The number of thiazole rings is 1. The fraction of sp³-hybridized carbons (Fsp3) is 0.105. The van der Waals surface area contributed by atoms with Gasteiger partial charge in [-0.1, -0.05) is 18.2 Å². The molecule has 1 amide bonds. The van der Waals surface area contributed by atoms with Crippen LogP contribution in [-0.2, 0) is 4.79 Å². The molecule has 3 rings (SSSR count).